The Labute approximate surface area is 203 Å². The number of benzene rings is 3. The first kappa shape index (κ1) is 23.5. The molecular formula is C28H26ClNO4. The van der Waals surface area contributed by atoms with Crippen molar-refractivity contribution in [1.82, 2.24) is 5.32 Å². The van der Waals surface area contributed by atoms with Crippen LogP contribution in [0.25, 0.3) is 27.7 Å². The van der Waals surface area contributed by atoms with Crippen LogP contribution in [0.5, 0.6) is 11.5 Å². The fourth-order valence-electron chi connectivity index (χ4n) is 3.77. The zero-order valence-electron chi connectivity index (χ0n) is 19.4. The summed E-state index contributed by atoms with van der Waals surface area (Å²) < 4.78 is 17.0. The molecule has 174 valence electrons. The molecular weight excluding hydrogens is 450 g/mol. The van der Waals surface area contributed by atoms with E-state index in [1.807, 2.05) is 62.4 Å². The van der Waals surface area contributed by atoms with Gasteiger partial charge in [0.2, 0.25) is 5.91 Å². The molecule has 0 unspecified atom stereocenters. The van der Waals surface area contributed by atoms with Crippen molar-refractivity contribution < 1.29 is 18.7 Å². The number of halogens is 1. The Balaban J connectivity index is 1.60. The van der Waals surface area contributed by atoms with Crippen molar-refractivity contribution in [1.29, 1.82) is 0 Å². The maximum atomic E-state index is 12.6. The van der Waals surface area contributed by atoms with Crippen molar-refractivity contribution in [3.05, 3.63) is 89.2 Å². The first-order valence-electron chi connectivity index (χ1n) is 11.0. The Morgan fingerprint density at radius 2 is 1.82 bits per heavy atom. The fraction of sp³-hybridized carbons (Fsp3) is 0.179. The number of furan rings is 1. The number of carbonyl (C=O) groups is 1. The molecule has 1 aromatic heterocycles. The van der Waals surface area contributed by atoms with Gasteiger partial charge in [-0.3, -0.25) is 4.79 Å². The summed E-state index contributed by atoms with van der Waals surface area (Å²) in [6.45, 7) is 4.89. The van der Waals surface area contributed by atoms with Crippen LogP contribution in [0.3, 0.4) is 0 Å². The van der Waals surface area contributed by atoms with Crippen molar-refractivity contribution in [2.75, 3.05) is 13.7 Å². The Bertz CT molecular complexity index is 1320. The lowest BCUT2D eigenvalue weighted by Gasteiger charge is -2.10. The molecule has 0 atom stereocenters. The van der Waals surface area contributed by atoms with Gasteiger partial charge in [-0.15, -0.1) is 0 Å². The molecule has 4 aromatic rings. The molecule has 1 N–H and O–H groups in total. The van der Waals surface area contributed by atoms with Crippen LogP contribution in [0, 0.1) is 0 Å². The van der Waals surface area contributed by atoms with Crippen LogP contribution >= 0.6 is 11.6 Å². The molecule has 34 heavy (non-hydrogen) atoms. The van der Waals surface area contributed by atoms with Crippen LogP contribution in [0.15, 0.2) is 77.4 Å². The van der Waals surface area contributed by atoms with Gasteiger partial charge in [0.25, 0.3) is 0 Å². The summed E-state index contributed by atoms with van der Waals surface area (Å²) >= 11 is 5.92. The highest BCUT2D eigenvalue weighted by Gasteiger charge is 2.15. The number of fused-ring (bicyclic) bond motifs is 1. The van der Waals surface area contributed by atoms with E-state index in [1.54, 1.807) is 31.6 Å². The molecule has 0 saturated heterocycles. The van der Waals surface area contributed by atoms with E-state index in [4.69, 9.17) is 25.5 Å². The monoisotopic (exact) mass is 475 g/mol. The smallest absolute Gasteiger partial charge is 0.244 e. The molecule has 0 bridgehead atoms. The molecule has 0 radical (unpaired) electrons. The average molecular weight is 476 g/mol. The van der Waals surface area contributed by atoms with Crippen molar-refractivity contribution in [2.24, 2.45) is 0 Å². The van der Waals surface area contributed by atoms with Crippen LogP contribution in [-0.4, -0.2) is 19.6 Å². The third kappa shape index (κ3) is 5.26. The molecule has 1 heterocycles. The van der Waals surface area contributed by atoms with Gasteiger partial charge in [-0.2, -0.15) is 0 Å². The van der Waals surface area contributed by atoms with Crippen LogP contribution in [-0.2, 0) is 11.3 Å². The summed E-state index contributed by atoms with van der Waals surface area (Å²) in [4.78, 5) is 12.6. The van der Waals surface area contributed by atoms with Gasteiger partial charge in [0.15, 0.2) is 0 Å². The standard InChI is InChI=1S/C28H26ClNO4/c1-4-33-22-11-7-20(8-12-22)25-17-34-27-15-26(32-3)23(14-24(25)27)18(2)13-28(31)30-16-19-5-9-21(29)10-6-19/h5-15,17H,4,16H2,1-3H3,(H,30,31)/b18-13+. The van der Waals surface area contributed by atoms with E-state index in [0.717, 1.165) is 39.0 Å². The molecule has 0 aliphatic heterocycles. The van der Waals surface area contributed by atoms with E-state index in [-0.39, 0.29) is 5.91 Å². The zero-order valence-corrected chi connectivity index (χ0v) is 20.1. The summed E-state index contributed by atoms with van der Waals surface area (Å²) in [5.74, 6) is 1.28. The van der Waals surface area contributed by atoms with Crippen LogP contribution in [0.1, 0.15) is 25.0 Å². The number of hydrogen-bond donors (Lipinski definition) is 1. The third-order valence-corrected chi connectivity index (χ3v) is 5.78. The molecule has 5 nitrogen and oxygen atoms in total. The van der Waals surface area contributed by atoms with Gasteiger partial charge in [0.05, 0.1) is 20.0 Å². The van der Waals surface area contributed by atoms with Gasteiger partial charge in [-0.1, -0.05) is 35.9 Å². The summed E-state index contributed by atoms with van der Waals surface area (Å²) in [5, 5.41) is 4.52. The molecule has 6 heteroatoms. The highest BCUT2D eigenvalue weighted by atomic mass is 35.5. The number of nitrogens with one attached hydrogen (secondary N) is 1. The minimum atomic E-state index is -0.187. The molecule has 0 aliphatic rings. The quantitative estimate of drug-likeness (QED) is 0.282. The van der Waals surface area contributed by atoms with Crippen molar-refractivity contribution in [3.63, 3.8) is 0 Å². The highest BCUT2D eigenvalue weighted by Crippen LogP contribution is 2.37. The summed E-state index contributed by atoms with van der Waals surface area (Å²) in [6.07, 6.45) is 3.32. The number of amides is 1. The average Bonchev–Trinajstić information content (AvgIpc) is 3.26. The van der Waals surface area contributed by atoms with Crippen LogP contribution in [0.4, 0.5) is 0 Å². The maximum Gasteiger partial charge on any atom is 0.244 e. The van der Waals surface area contributed by atoms with Gasteiger partial charge < -0.3 is 19.2 Å². The van der Waals surface area contributed by atoms with Crippen molar-refractivity contribution in [3.8, 4) is 22.6 Å². The third-order valence-electron chi connectivity index (χ3n) is 5.52. The van der Waals surface area contributed by atoms with E-state index in [0.29, 0.717) is 29.5 Å². The Hall–Kier alpha value is -3.70. The zero-order chi connectivity index (χ0) is 24.1. The normalized spacial score (nSPS) is 11.5. The number of allylic oxidation sites excluding steroid dienone is 1. The second-order valence-corrected chi connectivity index (χ2v) is 8.26. The van der Waals surface area contributed by atoms with E-state index in [1.165, 1.54) is 0 Å². The second-order valence-electron chi connectivity index (χ2n) is 7.83. The maximum absolute atomic E-state index is 12.6. The predicted molar refractivity (Wildman–Crippen MR) is 136 cm³/mol. The molecule has 0 spiro atoms. The summed E-state index contributed by atoms with van der Waals surface area (Å²) in [7, 11) is 1.61. The minimum Gasteiger partial charge on any atom is -0.496 e. The van der Waals surface area contributed by atoms with E-state index in [9.17, 15) is 4.79 Å². The lowest BCUT2D eigenvalue weighted by atomic mass is 9.99. The number of rotatable bonds is 8. The van der Waals surface area contributed by atoms with Gasteiger partial charge in [-0.05, 0) is 60.9 Å². The topological polar surface area (TPSA) is 60.7 Å². The van der Waals surface area contributed by atoms with Crippen LogP contribution < -0.4 is 14.8 Å². The highest BCUT2D eigenvalue weighted by molar-refractivity contribution is 6.30. The lowest BCUT2D eigenvalue weighted by Crippen LogP contribution is -2.20. The molecule has 0 fully saturated rings. The minimum absolute atomic E-state index is 0.187. The first-order valence-corrected chi connectivity index (χ1v) is 11.4. The SMILES string of the molecule is CCOc1ccc(-c2coc3cc(OC)c(/C(C)=C/C(=O)NCc4ccc(Cl)cc4)cc23)cc1. The largest absolute Gasteiger partial charge is 0.496 e. The molecule has 1 amide bonds. The van der Waals surface area contributed by atoms with Crippen molar-refractivity contribution >= 4 is 34.1 Å². The van der Waals surface area contributed by atoms with Crippen LogP contribution in [0.2, 0.25) is 5.02 Å². The number of carbonyl (C=O) groups excluding carboxylic acids is 1. The van der Waals surface area contributed by atoms with E-state index >= 15 is 0 Å². The van der Waals surface area contributed by atoms with Gasteiger partial charge >= 0.3 is 0 Å². The molecule has 4 rings (SSSR count). The molecule has 0 aliphatic carbocycles. The fourth-order valence-corrected chi connectivity index (χ4v) is 3.90. The lowest BCUT2D eigenvalue weighted by molar-refractivity contribution is -0.116. The molecule has 3 aromatic carbocycles. The van der Waals surface area contributed by atoms with Gasteiger partial charge in [0, 0.05) is 40.2 Å². The molecule has 0 saturated carbocycles. The second kappa shape index (κ2) is 10.5. The Morgan fingerprint density at radius 3 is 2.50 bits per heavy atom. The number of ether oxygens (including phenoxy) is 2. The van der Waals surface area contributed by atoms with Gasteiger partial charge in [-0.25, -0.2) is 0 Å². The Morgan fingerprint density at radius 1 is 1.09 bits per heavy atom. The summed E-state index contributed by atoms with van der Waals surface area (Å²) in [5.41, 5.74) is 5.27. The predicted octanol–water partition coefficient (Wildman–Crippen LogP) is 6.88. The first-order chi connectivity index (χ1) is 16.5. The van der Waals surface area contributed by atoms with Gasteiger partial charge in [0.1, 0.15) is 17.1 Å². The number of methoxy groups -OCH3 is 1. The van der Waals surface area contributed by atoms with E-state index in [2.05, 4.69) is 5.32 Å². The van der Waals surface area contributed by atoms with Crippen molar-refractivity contribution in [2.45, 2.75) is 20.4 Å². The van der Waals surface area contributed by atoms with E-state index < -0.39 is 0 Å². The number of hydrogen-bond acceptors (Lipinski definition) is 4. The summed E-state index contributed by atoms with van der Waals surface area (Å²) in [6, 6.07) is 19.1. The Kier molecular flexibility index (Phi) is 7.24.